The minimum absolute atomic E-state index is 1.62. The average molecular weight is 458 g/mol. The molecule has 30 heavy (non-hydrogen) atoms. The molecule has 0 amide bonds. The van der Waals surface area contributed by atoms with Crippen LogP contribution >= 0.6 is 0 Å². The molecule has 1 rings (SSSR count). The first-order chi connectivity index (χ1) is 13.7. The quantitative estimate of drug-likeness (QED) is 0.0703. The molecule has 166 valence electrons. The highest BCUT2D eigenvalue weighted by Crippen LogP contribution is 2.40. The van der Waals surface area contributed by atoms with Gasteiger partial charge in [0.1, 0.15) is 23.6 Å². The number of carbonyl (C=O) groups is 1. The van der Waals surface area contributed by atoms with Crippen LogP contribution in [0.1, 0.15) is 5.56 Å². The second-order valence-electron chi connectivity index (χ2n) is 4.90. The second kappa shape index (κ2) is 9.15. The van der Waals surface area contributed by atoms with Crippen LogP contribution in [0.25, 0.3) is 0 Å². The van der Waals surface area contributed by atoms with Gasteiger partial charge in [0.25, 0.3) is 0 Å². The van der Waals surface area contributed by atoms with E-state index in [4.69, 9.17) is 5.26 Å². The normalized spacial score (nSPS) is 13.5. The second-order valence-corrected chi connectivity index (χ2v) is 4.90. The number of alkyl halides is 4. The van der Waals surface area contributed by atoms with Crippen LogP contribution in [0, 0.1) is 23.3 Å². The Hall–Kier alpha value is -3.10. The molecular formula is C15H5F11O4. The molecule has 0 saturated carbocycles. The van der Waals surface area contributed by atoms with Crippen molar-refractivity contribution in [2.24, 2.45) is 0 Å². The van der Waals surface area contributed by atoms with E-state index >= 15 is 0 Å². The number of halogens is 11. The molecule has 0 unspecified atom stereocenters. The summed E-state index contributed by atoms with van der Waals surface area (Å²) in [6.07, 6.45) is -5.95. The van der Waals surface area contributed by atoms with Gasteiger partial charge in [0.15, 0.2) is 23.2 Å². The number of hydrogen-bond acceptors (Lipinski definition) is 4. The summed E-state index contributed by atoms with van der Waals surface area (Å²) in [4.78, 5) is 14.8. The van der Waals surface area contributed by atoms with E-state index in [1.54, 1.807) is 0 Å². The summed E-state index contributed by atoms with van der Waals surface area (Å²) in [6, 6.07) is 0. The van der Waals surface area contributed by atoms with E-state index in [9.17, 15) is 53.1 Å². The van der Waals surface area contributed by atoms with Crippen molar-refractivity contribution < 1.29 is 68.0 Å². The summed E-state index contributed by atoms with van der Waals surface area (Å²) in [5.74, 6) is -26.7. The first-order valence-corrected chi connectivity index (χ1v) is 6.86. The maximum Gasteiger partial charge on any atom is 0.422 e. The first-order valence-electron chi connectivity index (χ1n) is 6.86. The molecule has 0 saturated heterocycles. The predicted molar refractivity (Wildman–Crippen MR) is 73.1 cm³/mol. The van der Waals surface area contributed by atoms with Gasteiger partial charge in [0.2, 0.25) is 23.2 Å². The van der Waals surface area contributed by atoms with Gasteiger partial charge in [0.05, 0.1) is 0 Å². The van der Waals surface area contributed by atoms with Crippen molar-refractivity contribution in [1.29, 1.82) is 0 Å². The van der Waals surface area contributed by atoms with Crippen molar-refractivity contribution in [1.82, 2.24) is 0 Å². The lowest BCUT2D eigenvalue weighted by atomic mass is 10.1. The molecule has 0 spiro atoms. The third-order valence-electron chi connectivity index (χ3n) is 3.06. The number of carbonyl (C=O) groups excluding carboxylic acids is 1. The van der Waals surface area contributed by atoms with Gasteiger partial charge < -0.3 is 9.62 Å². The van der Waals surface area contributed by atoms with Crippen LogP contribution in [0.4, 0.5) is 48.3 Å². The largest absolute Gasteiger partial charge is 0.422 e. The molecular weight excluding hydrogens is 453 g/mol. The van der Waals surface area contributed by atoms with Gasteiger partial charge in [-0.2, -0.15) is 26.3 Å². The SMILES string of the molecule is C=C(OO)/C(F)=C(F)\C(C(=O)Oc1c(F)c(F)c(C(F)(F)F)c(F)c1F)=C(\F)CF. The lowest BCUT2D eigenvalue weighted by Crippen LogP contribution is -2.20. The molecule has 15 heteroatoms. The fourth-order valence-corrected chi connectivity index (χ4v) is 1.75. The Labute approximate surface area is 158 Å². The highest BCUT2D eigenvalue weighted by Gasteiger charge is 2.43. The summed E-state index contributed by atoms with van der Waals surface area (Å²) >= 11 is 0. The summed E-state index contributed by atoms with van der Waals surface area (Å²) < 4.78 is 149. The van der Waals surface area contributed by atoms with Crippen molar-refractivity contribution >= 4 is 5.97 Å². The minimum Gasteiger partial charge on any atom is -0.416 e. The van der Waals surface area contributed by atoms with E-state index in [2.05, 4.69) is 16.2 Å². The highest BCUT2D eigenvalue weighted by atomic mass is 19.4. The molecule has 0 aliphatic carbocycles. The highest BCUT2D eigenvalue weighted by molar-refractivity contribution is 5.95. The standard InChI is InChI=1S/C15H5F11O4/c1-3(30-28)7(18)8(19)5(4(17)2-16)14(27)29-13-11(22)9(20)6(15(24,25)26)10(21)12(13)23/h28H,1-2H2/b5-4-,8-7-. The molecule has 0 heterocycles. The Kier molecular flexibility index (Phi) is 7.60. The number of ether oxygens (including phenoxy) is 1. The molecule has 1 aromatic rings. The summed E-state index contributed by atoms with van der Waals surface area (Å²) in [6.45, 7) is 0.165. The van der Waals surface area contributed by atoms with Crippen molar-refractivity contribution in [3.05, 3.63) is 64.2 Å². The van der Waals surface area contributed by atoms with Crippen LogP contribution in [-0.2, 0) is 15.9 Å². The molecule has 0 aromatic heterocycles. The maximum atomic E-state index is 13.9. The van der Waals surface area contributed by atoms with Gasteiger partial charge in [-0.05, 0) is 6.58 Å². The molecule has 0 aliphatic heterocycles. The predicted octanol–water partition coefficient (Wildman–Crippen LogP) is 5.51. The van der Waals surface area contributed by atoms with E-state index < -0.39 is 82.2 Å². The first kappa shape index (κ1) is 24.9. The van der Waals surface area contributed by atoms with Crippen LogP contribution in [0.3, 0.4) is 0 Å². The third-order valence-corrected chi connectivity index (χ3v) is 3.06. The number of rotatable bonds is 6. The van der Waals surface area contributed by atoms with Crippen LogP contribution < -0.4 is 4.74 Å². The zero-order valence-corrected chi connectivity index (χ0v) is 13.7. The van der Waals surface area contributed by atoms with Crippen LogP contribution in [-0.4, -0.2) is 17.9 Å². The zero-order valence-electron chi connectivity index (χ0n) is 13.7. The van der Waals surface area contributed by atoms with Gasteiger partial charge in [-0.25, -0.2) is 32.0 Å². The molecule has 4 nitrogen and oxygen atoms in total. The Bertz CT molecular complexity index is 918. The average Bonchev–Trinajstić information content (AvgIpc) is 2.67. The zero-order chi connectivity index (χ0) is 23.5. The maximum absolute atomic E-state index is 13.9. The Morgan fingerprint density at radius 2 is 1.40 bits per heavy atom. The van der Waals surface area contributed by atoms with Gasteiger partial charge >= 0.3 is 12.1 Å². The molecule has 0 atom stereocenters. The number of esters is 1. The molecule has 1 aromatic carbocycles. The third kappa shape index (κ3) is 4.72. The van der Waals surface area contributed by atoms with Gasteiger partial charge in [-0.15, -0.1) is 0 Å². The Balaban J connectivity index is 3.62. The van der Waals surface area contributed by atoms with Crippen molar-refractivity contribution in [2.75, 3.05) is 6.67 Å². The van der Waals surface area contributed by atoms with E-state index in [1.807, 2.05) is 0 Å². The molecule has 1 N–H and O–H groups in total. The van der Waals surface area contributed by atoms with E-state index in [0.717, 1.165) is 0 Å². The van der Waals surface area contributed by atoms with Gasteiger partial charge in [0, 0.05) is 0 Å². The number of allylic oxidation sites excluding steroid dienone is 2. The minimum atomic E-state index is -5.95. The molecule has 0 fully saturated rings. The summed E-state index contributed by atoms with van der Waals surface area (Å²) in [5.41, 5.74) is -5.45. The fraction of sp³-hybridized carbons (Fsp3) is 0.133. The van der Waals surface area contributed by atoms with Gasteiger partial charge in [-0.1, -0.05) is 0 Å². The molecule has 0 radical (unpaired) electrons. The monoisotopic (exact) mass is 458 g/mol. The van der Waals surface area contributed by atoms with E-state index in [1.165, 1.54) is 0 Å². The van der Waals surface area contributed by atoms with E-state index in [-0.39, 0.29) is 0 Å². The van der Waals surface area contributed by atoms with E-state index in [0.29, 0.717) is 0 Å². The smallest absolute Gasteiger partial charge is 0.416 e. The van der Waals surface area contributed by atoms with Crippen LogP contribution in [0.15, 0.2) is 35.4 Å². The number of hydrogen-bond donors (Lipinski definition) is 1. The van der Waals surface area contributed by atoms with Crippen LogP contribution in [0.2, 0.25) is 0 Å². The number of benzene rings is 1. The molecule has 0 aliphatic rings. The lowest BCUT2D eigenvalue weighted by Gasteiger charge is -2.14. The Morgan fingerprint density at radius 1 is 0.933 bits per heavy atom. The van der Waals surface area contributed by atoms with Gasteiger partial charge in [-0.3, -0.25) is 0 Å². The van der Waals surface area contributed by atoms with Crippen LogP contribution in [0.5, 0.6) is 5.75 Å². The van der Waals surface area contributed by atoms with Crippen molar-refractivity contribution in [2.45, 2.75) is 6.18 Å². The lowest BCUT2D eigenvalue weighted by molar-refractivity contribution is -0.201. The van der Waals surface area contributed by atoms with Crippen molar-refractivity contribution in [3.8, 4) is 5.75 Å². The molecule has 0 bridgehead atoms. The fourth-order valence-electron chi connectivity index (χ4n) is 1.75. The summed E-state index contributed by atoms with van der Waals surface area (Å²) in [5, 5.41) is 8.12. The topological polar surface area (TPSA) is 55.8 Å². The Morgan fingerprint density at radius 3 is 1.77 bits per heavy atom. The van der Waals surface area contributed by atoms with Crippen molar-refractivity contribution in [3.63, 3.8) is 0 Å². The summed E-state index contributed by atoms with van der Waals surface area (Å²) in [7, 11) is 0.